The number of ether oxygens (including phenoxy) is 1. The molecule has 0 fully saturated rings. The summed E-state index contributed by atoms with van der Waals surface area (Å²) in [6.45, 7) is 4.77. The van der Waals surface area contributed by atoms with Crippen molar-refractivity contribution >= 4 is 23.3 Å². The first-order valence-corrected chi connectivity index (χ1v) is 8.85. The zero-order chi connectivity index (χ0) is 18.7. The lowest BCUT2D eigenvalue weighted by molar-refractivity contribution is -0.123. The van der Waals surface area contributed by atoms with Gasteiger partial charge in [0, 0.05) is 18.5 Å². The van der Waals surface area contributed by atoms with Crippen LogP contribution in [0, 0.1) is 6.92 Å². The summed E-state index contributed by atoms with van der Waals surface area (Å²) in [6.07, 6.45) is 3.88. The summed E-state index contributed by atoms with van der Waals surface area (Å²) < 4.78 is 7.13. The second-order valence-corrected chi connectivity index (χ2v) is 6.47. The molecule has 1 aromatic carbocycles. The Morgan fingerprint density at radius 3 is 3.00 bits per heavy atom. The van der Waals surface area contributed by atoms with Crippen molar-refractivity contribution < 1.29 is 14.3 Å². The highest BCUT2D eigenvalue weighted by atomic mass is 16.5. The number of hydrogen-bond acceptors (Lipinski definition) is 4. The van der Waals surface area contributed by atoms with Gasteiger partial charge < -0.3 is 15.4 Å². The molecule has 1 aliphatic rings. The van der Waals surface area contributed by atoms with Gasteiger partial charge in [-0.3, -0.25) is 9.59 Å². The smallest absolute Gasteiger partial charge is 0.233 e. The van der Waals surface area contributed by atoms with Crippen molar-refractivity contribution in [2.75, 3.05) is 17.7 Å². The van der Waals surface area contributed by atoms with Gasteiger partial charge in [0.25, 0.3) is 0 Å². The summed E-state index contributed by atoms with van der Waals surface area (Å²) in [6, 6.07) is 5.44. The number of aromatic nitrogens is 2. The van der Waals surface area contributed by atoms with Crippen molar-refractivity contribution in [2.45, 2.75) is 45.6 Å². The molecule has 2 amide bonds. The number of carbonyl (C=O) groups excluding carboxylic acids is 2. The summed E-state index contributed by atoms with van der Waals surface area (Å²) in [5.41, 5.74) is 2.24. The molecule has 2 N–H and O–H groups in total. The van der Waals surface area contributed by atoms with Crippen LogP contribution in [-0.4, -0.2) is 28.7 Å². The third kappa shape index (κ3) is 3.42. The fourth-order valence-electron chi connectivity index (χ4n) is 3.19. The molecule has 1 aliphatic heterocycles. The number of rotatable bonds is 6. The lowest BCUT2D eigenvalue weighted by Crippen LogP contribution is -2.31. The van der Waals surface area contributed by atoms with Crippen LogP contribution in [0.25, 0.3) is 0 Å². The van der Waals surface area contributed by atoms with Gasteiger partial charge in [-0.05, 0) is 25.0 Å². The molecule has 0 bridgehead atoms. The zero-order valence-electron chi connectivity index (χ0n) is 15.3. The molecule has 1 unspecified atom stereocenters. The van der Waals surface area contributed by atoms with Crippen molar-refractivity contribution in [3.05, 3.63) is 35.5 Å². The number of carbonyl (C=O) groups is 2. The summed E-state index contributed by atoms with van der Waals surface area (Å²) in [7, 11) is 1.54. The van der Waals surface area contributed by atoms with E-state index in [1.807, 2.05) is 23.7 Å². The lowest BCUT2D eigenvalue weighted by Gasteiger charge is -2.26. The van der Waals surface area contributed by atoms with Gasteiger partial charge >= 0.3 is 0 Å². The first-order valence-electron chi connectivity index (χ1n) is 8.85. The minimum atomic E-state index is -0.567. The van der Waals surface area contributed by atoms with Crippen LogP contribution < -0.4 is 15.4 Å². The lowest BCUT2D eigenvalue weighted by atomic mass is 9.89. The van der Waals surface area contributed by atoms with E-state index in [1.165, 1.54) is 0 Å². The van der Waals surface area contributed by atoms with Crippen LogP contribution in [0.2, 0.25) is 0 Å². The number of para-hydroxylation sites is 1. The zero-order valence-corrected chi connectivity index (χ0v) is 15.3. The molecular weight excluding hydrogens is 332 g/mol. The van der Waals surface area contributed by atoms with E-state index in [9.17, 15) is 9.59 Å². The van der Waals surface area contributed by atoms with E-state index in [1.54, 1.807) is 19.4 Å². The Bertz CT molecular complexity index is 828. The van der Waals surface area contributed by atoms with Gasteiger partial charge in [-0.2, -0.15) is 5.10 Å². The Balaban J connectivity index is 1.88. The van der Waals surface area contributed by atoms with Crippen molar-refractivity contribution in [3.63, 3.8) is 0 Å². The van der Waals surface area contributed by atoms with Crippen molar-refractivity contribution in [1.82, 2.24) is 9.78 Å². The summed E-state index contributed by atoms with van der Waals surface area (Å²) in [4.78, 5) is 25.1. The molecule has 26 heavy (non-hydrogen) atoms. The third-order valence-electron chi connectivity index (χ3n) is 4.61. The first kappa shape index (κ1) is 18.0. The molecular formula is C19H24N4O3. The number of unbranched alkanes of at least 4 members (excludes halogenated alkanes) is 1. The molecule has 7 heteroatoms. The van der Waals surface area contributed by atoms with Crippen molar-refractivity contribution in [2.24, 2.45) is 0 Å². The van der Waals surface area contributed by atoms with Crippen LogP contribution in [0.15, 0.2) is 24.4 Å². The molecule has 2 aromatic rings. The number of hydrogen-bond donors (Lipinski definition) is 2. The maximum absolute atomic E-state index is 13.0. The maximum Gasteiger partial charge on any atom is 0.233 e. The van der Waals surface area contributed by atoms with E-state index in [0.29, 0.717) is 17.3 Å². The molecule has 1 aromatic heterocycles. The molecule has 3 rings (SSSR count). The number of benzene rings is 1. The highest BCUT2D eigenvalue weighted by molar-refractivity contribution is 6.05. The Morgan fingerprint density at radius 1 is 1.46 bits per heavy atom. The number of nitrogens with one attached hydrogen (secondary N) is 2. The Labute approximate surface area is 152 Å². The number of nitrogens with zero attached hydrogens (tertiary/aromatic N) is 2. The predicted octanol–water partition coefficient (Wildman–Crippen LogP) is 3.06. The van der Waals surface area contributed by atoms with Crippen LogP contribution in [0.1, 0.15) is 43.2 Å². The fourth-order valence-corrected chi connectivity index (χ4v) is 3.19. The monoisotopic (exact) mass is 356 g/mol. The molecule has 0 aliphatic carbocycles. The molecule has 138 valence electrons. The Morgan fingerprint density at radius 2 is 2.27 bits per heavy atom. The van der Waals surface area contributed by atoms with Crippen LogP contribution in [0.5, 0.6) is 5.75 Å². The minimum absolute atomic E-state index is 0.105. The maximum atomic E-state index is 13.0. The number of aryl methyl sites for hydroxylation is 2. The van der Waals surface area contributed by atoms with E-state index < -0.39 is 5.92 Å². The molecule has 0 saturated heterocycles. The van der Waals surface area contributed by atoms with E-state index in [0.717, 1.165) is 30.5 Å². The van der Waals surface area contributed by atoms with Crippen molar-refractivity contribution in [1.29, 1.82) is 0 Å². The van der Waals surface area contributed by atoms with Crippen LogP contribution >= 0.6 is 0 Å². The first-order chi connectivity index (χ1) is 12.5. The van der Waals surface area contributed by atoms with Crippen LogP contribution in [0.3, 0.4) is 0 Å². The van der Waals surface area contributed by atoms with Gasteiger partial charge in [0.1, 0.15) is 11.6 Å². The van der Waals surface area contributed by atoms with Gasteiger partial charge in [0.2, 0.25) is 11.8 Å². The molecule has 1 atom stereocenters. The van der Waals surface area contributed by atoms with E-state index in [2.05, 4.69) is 22.7 Å². The summed E-state index contributed by atoms with van der Waals surface area (Å²) in [5, 5.41) is 10.1. The number of fused-ring (bicyclic) bond motifs is 1. The minimum Gasteiger partial charge on any atom is -0.495 e. The Kier molecular flexibility index (Phi) is 5.25. The van der Waals surface area contributed by atoms with Gasteiger partial charge in [-0.15, -0.1) is 0 Å². The van der Waals surface area contributed by atoms with Gasteiger partial charge in [-0.25, -0.2) is 4.68 Å². The summed E-state index contributed by atoms with van der Waals surface area (Å²) >= 11 is 0. The molecule has 0 saturated carbocycles. The van der Waals surface area contributed by atoms with Crippen LogP contribution in [-0.2, 0) is 16.1 Å². The number of anilines is 2. The number of methoxy groups -OCH3 is 1. The van der Waals surface area contributed by atoms with Gasteiger partial charge in [-0.1, -0.05) is 25.5 Å². The average Bonchev–Trinajstić information content (AvgIpc) is 2.98. The standard InChI is InChI=1S/C19H24N4O3/c1-4-5-9-23-18(12(2)11-20-23)22-19(25)14-10-16(24)21-17-13(14)7-6-8-15(17)26-3/h6-8,11,14H,4-5,9-10H2,1-3H3,(H,21,24)(H,22,25). The van der Waals surface area contributed by atoms with Gasteiger partial charge in [0.05, 0.1) is 24.9 Å². The highest BCUT2D eigenvalue weighted by Gasteiger charge is 2.33. The second-order valence-electron chi connectivity index (χ2n) is 6.47. The van der Waals surface area contributed by atoms with E-state index in [-0.39, 0.29) is 18.2 Å². The van der Waals surface area contributed by atoms with Crippen LogP contribution in [0.4, 0.5) is 11.5 Å². The SMILES string of the molecule is CCCCn1ncc(C)c1NC(=O)C1CC(=O)Nc2c(OC)cccc21. The molecule has 0 radical (unpaired) electrons. The predicted molar refractivity (Wildman–Crippen MR) is 99.5 cm³/mol. The quantitative estimate of drug-likeness (QED) is 0.833. The topological polar surface area (TPSA) is 85.2 Å². The largest absolute Gasteiger partial charge is 0.495 e. The second kappa shape index (κ2) is 7.59. The van der Waals surface area contributed by atoms with E-state index in [4.69, 9.17) is 4.74 Å². The molecule has 7 nitrogen and oxygen atoms in total. The molecule has 2 heterocycles. The van der Waals surface area contributed by atoms with Crippen molar-refractivity contribution in [3.8, 4) is 5.75 Å². The normalized spacial score (nSPS) is 16.0. The molecule has 0 spiro atoms. The fraction of sp³-hybridized carbons (Fsp3) is 0.421. The average molecular weight is 356 g/mol. The van der Waals surface area contributed by atoms with E-state index >= 15 is 0 Å². The summed E-state index contributed by atoms with van der Waals surface area (Å²) in [5.74, 6) is 0.272. The highest BCUT2D eigenvalue weighted by Crippen LogP contribution is 2.39. The van der Waals surface area contributed by atoms with Gasteiger partial charge in [0.15, 0.2) is 0 Å². The number of amides is 2. The third-order valence-corrected chi connectivity index (χ3v) is 4.61. The Hall–Kier alpha value is -2.83.